The van der Waals surface area contributed by atoms with Gasteiger partial charge in [0.15, 0.2) is 0 Å². The number of aliphatic hydroxyl groups excluding tert-OH is 1. The summed E-state index contributed by atoms with van der Waals surface area (Å²) in [6.07, 6.45) is 0. The molecule has 6 nitrogen and oxygen atoms in total. The fraction of sp³-hybridized carbons (Fsp3) is 0.455. The molecule has 7 heteroatoms. The zero-order valence-corrected chi connectivity index (χ0v) is 10.8. The van der Waals surface area contributed by atoms with Crippen LogP contribution in [-0.2, 0) is 14.9 Å². The van der Waals surface area contributed by atoms with Crippen LogP contribution in [0.1, 0.15) is 5.56 Å². The molecule has 0 saturated carbocycles. The Bertz CT molecular complexity index is 482. The van der Waals surface area contributed by atoms with E-state index in [0.717, 1.165) is 5.56 Å². The van der Waals surface area contributed by atoms with E-state index in [9.17, 15) is 8.42 Å². The first-order chi connectivity index (χ1) is 8.45. The molecule has 0 bridgehead atoms. The van der Waals surface area contributed by atoms with Crippen molar-refractivity contribution in [2.24, 2.45) is 0 Å². The fourth-order valence-corrected chi connectivity index (χ4v) is 1.93. The zero-order chi connectivity index (χ0) is 13.6. The highest BCUT2D eigenvalue weighted by atomic mass is 32.2. The number of benzene rings is 1. The van der Waals surface area contributed by atoms with Gasteiger partial charge >= 0.3 is 0 Å². The van der Waals surface area contributed by atoms with Gasteiger partial charge in [-0.2, -0.15) is 8.42 Å². The van der Waals surface area contributed by atoms with Crippen molar-refractivity contribution in [2.75, 3.05) is 26.4 Å². The summed E-state index contributed by atoms with van der Waals surface area (Å²) in [4.78, 5) is -0.268. The fourth-order valence-electron chi connectivity index (χ4n) is 1.32. The van der Waals surface area contributed by atoms with Crippen molar-refractivity contribution in [1.82, 2.24) is 0 Å². The van der Waals surface area contributed by atoms with E-state index in [2.05, 4.69) is 0 Å². The van der Waals surface area contributed by atoms with Crippen molar-refractivity contribution >= 4 is 10.1 Å². The van der Waals surface area contributed by atoms with Crippen LogP contribution in [0.25, 0.3) is 0 Å². The lowest BCUT2D eigenvalue weighted by Crippen LogP contribution is -2.11. The molecule has 0 atom stereocenters. The Labute approximate surface area is 106 Å². The number of aryl methyl sites for hydroxylation is 1. The van der Waals surface area contributed by atoms with Gasteiger partial charge in [-0.15, -0.1) is 0 Å². The van der Waals surface area contributed by atoms with Gasteiger partial charge in [0.2, 0.25) is 0 Å². The summed E-state index contributed by atoms with van der Waals surface area (Å²) >= 11 is 0. The van der Waals surface area contributed by atoms with Crippen LogP contribution < -0.4 is 4.74 Å². The van der Waals surface area contributed by atoms with Crippen LogP contribution >= 0.6 is 0 Å². The molecule has 18 heavy (non-hydrogen) atoms. The topological polar surface area (TPSA) is 93.1 Å². The van der Waals surface area contributed by atoms with Crippen molar-refractivity contribution in [1.29, 1.82) is 0 Å². The summed E-state index contributed by atoms with van der Waals surface area (Å²) in [5, 5.41) is 8.49. The van der Waals surface area contributed by atoms with Gasteiger partial charge in [-0.05, 0) is 24.6 Å². The molecule has 1 rings (SSSR count). The molecule has 0 aliphatic rings. The van der Waals surface area contributed by atoms with Crippen LogP contribution in [-0.4, -0.2) is 44.5 Å². The second-order valence-corrected chi connectivity index (χ2v) is 5.00. The van der Waals surface area contributed by atoms with Gasteiger partial charge in [-0.1, -0.05) is 6.07 Å². The van der Waals surface area contributed by atoms with Crippen molar-refractivity contribution in [3.05, 3.63) is 23.8 Å². The lowest BCUT2D eigenvalue weighted by Gasteiger charge is -2.10. The number of rotatable bonds is 7. The van der Waals surface area contributed by atoms with Crippen LogP contribution in [0.5, 0.6) is 5.75 Å². The molecule has 0 amide bonds. The Balaban J connectivity index is 2.72. The minimum absolute atomic E-state index is 0.0826. The maximum atomic E-state index is 11.1. The second-order valence-electron chi connectivity index (χ2n) is 3.61. The summed E-state index contributed by atoms with van der Waals surface area (Å²) in [5.74, 6) is 0.0881. The molecule has 1 aromatic carbocycles. The Morgan fingerprint density at radius 3 is 2.56 bits per heavy atom. The number of ether oxygens (including phenoxy) is 2. The van der Waals surface area contributed by atoms with Gasteiger partial charge in [0, 0.05) is 0 Å². The smallest absolute Gasteiger partial charge is 0.298 e. The highest BCUT2D eigenvalue weighted by Gasteiger charge is 2.16. The van der Waals surface area contributed by atoms with Crippen LogP contribution in [0.15, 0.2) is 23.1 Å². The van der Waals surface area contributed by atoms with Gasteiger partial charge in [0.25, 0.3) is 10.1 Å². The molecule has 0 spiro atoms. The molecule has 0 unspecified atom stereocenters. The normalized spacial score (nSPS) is 11.5. The number of aliphatic hydroxyl groups is 1. The largest absolute Gasteiger partial charge is 0.490 e. The van der Waals surface area contributed by atoms with E-state index < -0.39 is 10.1 Å². The summed E-state index contributed by atoms with van der Waals surface area (Å²) in [7, 11) is -4.30. The Morgan fingerprint density at radius 2 is 1.94 bits per heavy atom. The highest BCUT2D eigenvalue weighted by molar-refractivity contribution is 7.86. The molecule has 0 aliphatic heterocycles. The molecular weight excluding hydrogens is 260 g/mol. The summed E-state index contributed by atoms with van der Waals surface area (Å²) in [6.45, 7) is 2.25. The van der Waals surface area contributed by atoms with Crippen molar-refractivity contribution in [3.8, 4) is 5.75 Å². The van der Waals surface area contributed by atoms with E-state index in [1.807, 2.05) is 0 Å². The maximum Gasteiger partial charge on any atom is 0.298 e. The zero-order valence-electron chi connectivity index (χ0n) is 10.00. The van der Waals surface area contributed by atoms with Gasteiger partial charge in [-0.3, -0.25) is 4.55 Å². The third-order valence-electron chi connectivity index (χ3n) is 2.10. The Morgan fingerprint density at radius 1 is 1.22 bits per heavy atom. The molecule has 1 aromatic rings. The lowest BCUT2D eigenvalue weighted by molar-refractivity contribution is 0.0698. The maximum absolute atomic E-state index is 11.1. The standard InChI is InChI=1S/C11H16O6S/c1-9-2-3-11(18(13,14)15)10(8-9)17-7-6-16-5-4-12/h2-3,8,12H,4-7H2,1H3,(H,13,14,15). The highest BCUT2D eigenvalue weighted by Crippen LogP contribution is 2.24. The summed E-state index contributed by atoms with van der Waals surface area (Å²) < 4.78 is 41.5. The Kier molecular flexibility index (Phi) is 5.54. The molecule has 0 radical (unpaired) electrons. The minimum Gasteiger partial charge on any atom is -0.490 e. The molecule has 0 heterocycles. The van der Waals surface area contributed by atoms with Crippen molar-refractivity contribution < 1.29 is 27.6 Å². The molecule has 0 saturated heterocycles. The third-order valence-corrected chi connectivity index (χ3v) is 2.99. The first-order valence-corrected chi connectivity index (χ1v) is 6.78. The number of hydrogen-bond acceptors (Lipinski definition) is 5. The third kappa shape index (κ3) is 4.61. The van der Waals surface area contributed by atoms with Gasteiger partial charge < -0.3 is 14.6 Å². The lowest BCUT2D eigenvalue weighted by atomic mass is 10.2. The Hall–Kier alpha value is -1.15. The molecular formula is C11H16O6S. The predicted molar refractivity (Wildman–Crippen MR) is 64.4 cm³/mol. The van der Waals surface area contributed by atoms with Crippen LogP contribution in [0.2, 0.25) is 0 Å². The van der Waals surface area contributed by atoms with Gasteiger partial charge in [0.05, 0.1) is 19.8 Å². The molecule has 0 aliphatic carbocycles. The monoisotopic (exact) mass is 276 g/mol. The van der Waals surface area contributed by atoms with E-state index in [1.165, 1.54) is 12.1 Å². The number of hydrogen-bond donors (Lipinski definition) is 2. The van der Waals surface area contributed by atoms with E-state index >= 15 is 0 Å². The average molecular weight is 276 g/mol. The average Bonchev–Trinajstić information content (AvgIpc) is 2.27. The van der Waals surface area contributed by atoms with Crippen LogP contribution in [0, 0.1) is 6.92 Å². The van der Waals surface area contributed by atoms with Gasteiger partial charge in [0.1, 0.15) is 17.3 Å². The van der Waals surface area contributed by atoms with Crippen molar-refractivity contribution in [3.63, 3.8) is 0 Å². The van der Waals surface area contributed by atoms with E-state index in [1.54, 1.807) is 13.0 Å². The van der Waals surface area contributed by atoms with Crippen LogP contribution in [0.3, 0.4) is 0 Å². The van der Waals surface area contributed by atoms with E-state index in [4.69, 9.17) is 19.1 Å². The minimum atomic E-state index is -4.30. The predicted octanol–water partition coefficient (Wildman–Crippen LogP) is 0.629. The first-order valence-electron chi connectivity index (χ1n) is 5.34. The van der Waals surface area contributed by atoms with E-state index in [0.29, 0.717) is 0 Å². The molecule has 102 valence electrons. The summed E-state index contributed by atoms with van der Waals surface area (Å²) in [6, 6.07) is 4.38. The van der Waals surface area contributed by atoms with Crippen LogP contribution in [0.4, 0.5) is 0 Å². The van der Waals surface area contributed by atoms with Crippen molar-refractivity contribution in [2.45, 2.75) is 11.8 Å². The second kappa shape index (κ2) is 6.69. The quantitative estimate of drug-likeness (QED) is 0.560. The first kappa shape index (κ1) is 14.9. The SMILES string of the molecule is Cc1ccc(S(=O)(=O)O)c(OCCOCCO)c1. The molecule has 2 N–H and O–H groups in total. The summed E-state index contributed by atoms with van der Waals surface area (Å²) in [5.41, 5.74) is 0.814. The molecule has 0 fully saturated rings. The van der Waals surface area contributed by atoms with Gasteiger partial charge in [-0.25, -0.2) is 0 Å². The molecule has 0 aromatic heterocycles. The van der Waals surface area contributed by atoms with E-state index in [-0.39, 0.29) is 37.1 Å².